The average Bonchev–Trinajstić information content (AvgIpc) is 2.66. The van der Waals surface area contributed by atoms with Crippen LogP contribution in [-0.4, -0.2) is 14.3 Å². The van der Waals surface area contributed by atoms with Crippen molar-refractivity contribution in [2.24, 2.45) is 0 Å². The zero-order chi connectivity index (χ0) is 19.4. The molecule has 0 saturated heterocycles. The smallest absolute Gasteiger partial charge is 0.261 e. The number of nitrogens with one attached hydrogen (secondary N) is 2. The van der Waals surface area contributed by atoms with Gasteiger partial charge in [0.05, 0.1) is 4.90 Å². The first-order valence-corrected chi connectivity index (χ1v) is 9.59. The number of hydrogen-bond acceptors (Lipinski definition) is 3. The summed E-state index contributed by atoms with van der Waals surface area (Å²) >= 11 is 0. The lowest BCUT2D eigenvalue weighted by Gasteiger charge is -2.09. The summed E-state index contributed by atoms with van der Waals surface area (Å²) in [7, 11) is -3.70. The molecule has 27 heavy (non-hydrogen) atoms. The van der Waals surface area contributed by atoms with Crippen molar-refractivity contribution < 1.29 is 17.6 Å². The first kappa shape index (κ1) is 18.6. The molecule has 138 valence electrons. The summed E-state index contributed by atoms with van der Waals surface area (Å²) in [4.78, 5) is 12.4. The number of amides is 1. The van der Waals surface area contributed by atoms with Crippen LogP contribution in [0.5, 0.6) is 0 Å². The maximum absolute atomic E-state index is 13.6. The van der Waals surface area contributed by atoms with E-state index in [1.54, 1.807) is 37.3 Å². The minimum absolute atomic E-state index is 0.146. The van der Waals surface area contributed by atoms with Crippen molar-refractivity contribution in [3.05, 3.63) is 89.7 Å². The molecule has 0 atom stereocenters. The number of hydrogen-bond donors (Lipinski definition) is 2. The maximum atomic E-state index is 13.6. The van der Waals surface area contributed by atoms with Gasteiger partial charge in [0, 0.05) is 16.9 Å². The van der Waals surface area contributed by atoms with E-state index in [-0.39, 0.29) is 4.90 Å². The standard InChI is InChI=1S/C20H17FN2O3S/c1-14-7-10-17(13-19(14)21)22-20(24)15-8-11-16(12-9-15)23-27(25,26)18-5-3-2-4-6-18/h2-13,23H,1H3,(H,22,24). The Bertz CT molecular complexity index is 1070. The first-order valence-electron chi connectivity index (χ1n) is 8.10. The van der Waals surface area contributed by atoms with Crippen LogP contribution in [0.15, 0.2) is 77.7 Å². The maximum Gasteiger partial charge on any atom is 0.261 e. The van der Waals surface area contributed by atoms with Crippen LogP contribution in [0.4, 0.5) is 15.8 Å². The second kappa shape index (κ2) is 7.59. The lowest BCUT2D eigenvalue weighted by molar-refractivity contribution is 0.102. The van der Waals surface area contributed by atoms with Crippen molar-refractivity contribution >= 4 is 27.3 Å². The molecule has 0 saturated carbocycles. The molecule has 3 rings (SSSR count). The Morgan fingerprint density at radius 1 is 0.889 bits per heavy atom. The minimum atomic E-state index is -3.70. The third-order valence-electron chi connectivity index (χ3n) is 3.88. The van der Waals surface area contributed by atoms with E-state index in [4.69, 9.17) is 0 Å². The molecule has 5 nitrogen and oxygen atoms in total. The first-order chi connectivity index (χ1) is 12.8. The molecule has 3 aromatic carbocycles. The molecule has 0 spiro atoms. The number of halogens is 1. The molecular formula is C20H17FN2O3S. The highest BCUT2D eigenvalue weighted by Gasteiger charge is 2.14. The summed E-state index contributed by atoms with van der Waals surface area (Å²) in [5, 5.41) is 2.60. The second-order valence-electron chi connectivity index (χ2n) is 5.91. The van der Waals surface area contributed by atoms with Gasteiger partial charge in [-0.3, -0.25) is 9.52 Å². The zero-order valence-electron chi connectivity index (χ0n) is 14.4. The number of rotatable bonds is 5. The third-order valence-corrected chi connectivity index (χ3v) is 5.28. The van der Waals surface area contributed by atoms with Crippen LogP contribution in [-0.2, 0) is 10.0 Å². The molecule has 3 aromatic rings. The van der Waals surface area contributed by atoms with Gasteiger partial charge in [0.1, 0.15) is 5.82 Å². The van der Waals surface area contributed by atoms with Gasteiger partial charge in [-0.2, -0.15) is 0 Å². The normalized spacial score (nSPS) is 11.0. The number of carbonyl (C=O) groups is 1. The second-order valence-corrected chi connectivity index (χ2v) is 7.60. The van der Waals surface area contributed by atoms with Crippen LogP contribution in [0.2, 0.25) is 0 Å². The summed E-state index contributed by atoms with van der Waals surface area (Å²) in [6, 6.07) is 18.4. The monoisotopic (exact) mass is 384 g/mol. The topological polar surface area (TPSA) is 75.3 Å². The van der Waals surface area contributed by atoms with Gasteiger partial charge in [0.2, 0.25) is 0 Å². The summed E-state index contributed by atoms with van der Waals surface area (Å²) < 4.78 is 40.6. The van der Waals surface area contributed by atoms with Gasteiger partial charge >= 0.3 is 0 Å². The van der Waals surface area contributed by atoms with Gasteiger partial charge in [-0.25, -0.2) is 12.8 Å². The lowest BCUT2D eigenvalue weighted by atomic mass is 10.1. The molecule has 0 aliphatic rings. The fraction of sp³-hybridized carbons (Fsp3) is 0.0500. The van der Waals surface area contributed by atoms with Crippen LogP contribution in [0.3, 0.4) is 0 Å². The molecule has 0 aliphatic heterocycles. The number of anilines is 2. The lowest BCUT2D eigenvalue weighted by Crippen LogP contribution is -2.14. The van der Waals surface area contributed by atoms with Gasteiger partial charge in [-0.1, -0.05) is 24.3 Å². The molecular weight excluding hydrogens is 367 g/mol. The van der Waals surface area contributed by atoms with Gasteiger partial charge in [0.15, 0.2) is 0 Å². The molecule has 0 aromatic heterocycles. The predicted molar refractivity (Wildman–Crippen MR) is 103 cm³/mol. The number of aryl methyl sites for hydroxylation is 1. The minimum Gasteiger partial charge on any atom is -0.322 e. The van der Waals surface area contributed by atoms with E-state index in [9.17, 15) is 17.6 Å². The molecule has 2 N–H and O–H groups in total. The van der Waals surface area contributed by atoms with Crippen molar-refractivity contribution in [1.29, 1.82) is 0 Å². The predicted octanol–water partition coefficient (Wildman–Crippen LogP) is 4.19. The van der Waals surface area contributed by atoms with Crippen molar-refractivity contribution in [2.45, 2.75) is 11.8 Å². The van der Waals surface area contributed by atoms with Crippen molar-refractivity contribution in [2.75, 3.05) is 10.0 Å². The van der Waals surface area contributed by atoms with Crippen molar-refractivity contribution in [3.8, 4) is 0 Å². The third kappa shape index (κ3) is 4.51. The molecule has 0 heterocycles. The highest BCUT2D eigenvalue weighted by Crippen LogP contribution is 2.18. The van der Waals surface area contributed by atoms with Gasteiger partial charge in [-0.15, -0.1) is 0 Å². The molecule has 0 aliphatic carbocycles. The summed E-state index contributed by atoms with van der Waals surface area (Å²) in [6.07, 6.45) is 0. The Morgan fingerprint density at radius 2 is 1.52 bits per heavy atom. The SMILES string of the molecule is Cc1ccc(NC(=O)c2ccc(NS(=O)(=O)c3ccccc3)cc2)cc1F. The van der Waals surface area contributed by atoms with E-state index in [1.807, 2.05) is 0 Å². The average molecular weight is 384 g/mol. The molecule has 1 amide bonds. The summed E-state index contributed by atoms with van der Waals surface area (Å²) in [5.41, 5.74) is 1.48. The highest BCUT2D eigenvalue weighted by atomic mass is 32.2. The van der Waals surface area contributed by atoms with E-state index in [1.165, 1.54) is 42.5 Å². The Labute approximate surface area is 156 Å². The summed E-state index contributed by atoms with van der Waals surface area (Å²) in [6.45, 7) is 1.64. The van der Waals surface area contributed by atoms with Crippen LogP contribution in [0.25, 0.3) is 0 Å². The Kier molecular flexibility index (Phi) is 5.23. The zero-order valence-corrected chi connectivity index (χ0v) is 15.3. The molecule has 7 heteroatoms. The van der Waals surface area contributed by atoms with E-state index >= 15 is 0 Å². The Hall–Kier alpha value is -3.19. The van der Waals surface area contributed by atoms with E-state index in [0.717, 1.165) is 0 Å². The number of sulfonamides is 1. The van der Waals surface area contributed by atoms with Gasteiger partial charge in [0.25, 0.3) is 15.9 Å². The molecule has 0 radical (unpaired) electrons. The van der Waals surface area contributed by atoms with Crippen LogP contribution < -0.4 is 10.0 Å². The van der Waals surface area contributed by atoms with Gasteiger partial charge in [-0.05, 0) is 61.0 Å². The number of benzene rings is 3. The van der Waals surface area contributed by atoms with Crippen LogP contribution in [0.1, 0.15) is 15.9 Å². The quantitative estimate of drug-likeness (QED) is 0.693. The van der Waals surface area contributed by atoms with E-state index < -0.39 is 21.7 Å². The fourth-order valence-electron chi connectivity index (χ4n) is 2.38. The highest BCUT2D eigenvalue weighted by molar-refractivity contribution is 7.92. The van der Waals surface area contributed by atoms with Gasteiger partial charge < -0.3 is 5.32 Å². The van der Waals surface area contributed by atoms with Crippen LogP contribution >= 0.6 is 0 Å². The largest absolute Gasteiger partial charge is 0.322 e. The molecule has 0 bridgehead atoms. The fourth-order valence-corrected chi connectivity index (χ4v) is 3.46. The summed E-state index contributed by atoms with van der Waals surface area (Å²) in [5.74, 6) is -0.825. The van der Waals surface area contributed by atoms with Crippen LogP contribution in [0, 0.1) is 12.7 Å². The Balaban J connectivity index is 1.71. The number of carbonyl (C=O) groups excluding carboxylic acids is 1. The molecule has 0 unspecified atom stereocenters. The molecule has 0 fully saturated rings. The van der Waals surface area contributed by atoms with Crippen molar-refractivity contribution in [3.63, 3.8) is 0 Å². The van der Waals surface area contributed by atoms with Crippen molar-refractivity contribution in [1.82, 2.24) is 0 Å². The Morgan fingerprint density at radius 3 is 2.15 bits per heavy atom. The van der Waals surface area contributed by atoms with E-state index in [2.05, 4.69) is 10.0 Å². The van der Waals surface area contributed by atoms with E-state index in [0.29, 0.717) is 22.5 Å².